The van der Waals surface area contributed by atoms with Crippen molar-refractivity contribution in [2.45, 2.75) is 19.3 Å². The van der Waals surface area contributed by atoms with Crippen molar-refractivity contribution in [2.24, 2.45) is 0 Å². The van der Waals surface area contributed by atoms with Gasteiger partial charge in [-0.25, -0.2) is 19.2 Å². The molecule has 2 N–H and O–H groups in total. The number of nitrogens with one attached hydrogen (secondary N) is 2. The number of hydrazine groups is 1. The Morgan fingerprint density at radius 2 is 1.79 bits per heavy atom. The molecule has 0 atom stereocenters. The van der Waals surface area contributed by atoms with E-state index in [1.165, 1.54) is 12.5 Å². The first-order valence-electron chi connectivity index (χ1n) is 6.39. The topological polar surface area (TPSA) is 44.4 Å². The molecule has 19 heavy (non-hydrogen) atoms. The molecule has 2 rings (SSSR count). The van der Waals surface area contributed by atoms with Gasteiger partial charge in [-0.15, -0.1) is 0 Å². The number of piperidine rings is 1. The van der Waals surface area contributed by atoms with E-state index in [0.717, 1.165) is 38.1 Å². The third-order valence-corrected chi connectivity index (χ3v) is 3.05. The molecule has 0 saturated carbocycles. The van der Waals surface area contributed by atoms with Gasteiger partial charge in [0.05, 0.1) is 6.54 Å². The second-order valence-electron chi connectivity index (χ2n) is 4.53. The van der Waals surface area contributed by atoms with Crippen LogP contribution in [0.3, 0.4) is 0 Å². The molecule has 1 amide bonds. The van der Waals surface area contributed by atoms with E-state index >= 15 is 0 Å². The molecule has 1 saturated heterocycles. The number of hydrogen-bond acceptors (Lipinski definition) is 3. The van der Waals surface area contributed by atoms with E-state index in [-0.39, 0.29) is 6.54 Å². The molecule has 0 unspecified atom stereocenters. The minimum absolute atomic E-state index is 0.00771. The number of carbonyl (C=O) groups is 1. The smallest absolute Gasteiger partial charge is 0.239 e. The number of halogens is 2. The minimum atomic E-state index is -0.772. The van der Waals surface area contributed by atoms with Crippen molar-refractivity contribution in [1.29, 1.82) is 0 Å². The van der Waals surface area contributed by atoms with Crippen LogP contribution in [0.1, 0.15) is 19.3 Å². The maximum absolute atomic E-state index is 13.3. The lowest BCUT2D eigenvalue weighted by molar-refractivity contribution is -0.116. The van der Waals surface area contributed by atoms with Gasteiger partial charge >= 0.3 is 0 Å². The van der Waals surface area contributed by atoms with E-state index in [1.807, 2.05) is 5.01 Å². The standard InChI is InChI=1S/C13H17F2N3O/c14-10-5-4-6-11(15)13(10)17-12(19)9-16-18-7-2-1-3-8-18/h4-6,16H,1-3,7-9H2,(H,17,19). The zero-order valence-corrected chi connectivity index (χ0v) is 10.6. The summed E-state index contributed by atoms with van der Waals surface area (Å²) in [5.74, 6) is -2.01. The van der Waals surface area contributed by atoms with E-state index in [0.29, 0.717) is 0 Å². The SMILES string of the molecule is O=C(CNN1CCCCC1)Nc1c(F)cccc1F. The molecule has 1 aliphatic heterocycles. The predicted octanol–water partition coefficient (Wildman–Crippen LogP) is 1.89. The summed E-state index contributed by atoms with van der Waals surface area (Å²) in [6, 6.07) is 3.47. The van der Waals surface area contributed by atoms with Gasteiger partial charge in [-0.3, -0.25) is 4.79 Å². The lowest BCUT2D eigenvalue weighted by Gasteiger charge is -2.26. The molecule has 0 aromatic heterocycles. The van der Waals surface area contributed by atoms with Gasteiger partial charge in [0, 0.05) is 13.1 Å². The summed E-state index contributed by atoms with van der Waals surface area (Å²) in [5.41, 5.74) is 2.56. The maximum atomic E-state index is 13.3. The predicted molar refractivity (Wildman–Crippen MR) is 68.4 cm³/mol. The fourth-order valence-corrected chi connectivity index (χ4v) is 2.04. The van der Waals surface area contributed by atoms with Crippen LogP contribution in [0.4, 0.5) is 14.5 Å². The van der Waals surface area contributed by atoms with Crippen molar-refractivity contribution >= 4 is 11.6 Å². The second-order valence-corrected chi connectivity index (χ2v) is 4.53. The fourth-order valence-electron chi connectivity index (χ4n) is 2.04. The monoisotopic (exact) mass is 269 g/mol. The number of hydrogen-bond donors (Lipinski definition) is 2. The first-order valence-corrected chi connectivity index (χ1v) is 6.39. The number of benzene rings is 1. The third-order valence-electron chi connectivity index (χ3n) is 3.05. The van der Waals surface area contributed by atoms with Crippen LogP contribution in [0.25, 0.3) is 0 Å². The van der Waals surface area contributed by atoms with Gasteiger partial charge in [0.2, 0.25) is 5.91 Å². The summed E-state index contributed by atoms with van der Waals surface area (Å²) in [4.78, 5) is 11.6. The first-order chi connectivity index (χ1) is 9.16. The van der Waals surface area contributed by atoms with E-state index in [1.54, 1.807) is 0 Å². The molecule has 0 spiro atoms. The molecule has 1 aromatic rings. The number of nitrogens with zero attached hydrogens (tertiary/aromatic N) is 1. The Labute approximate surface area is 110 Å². The third kappa shape index (κ3) is 3.97. The van der Waals surface area contributed by atoms with Gasteiger partial charge in [0.15, 0.2) is 0 Å². The van der Waals surface area contributed by atoms with Gasteiger partial charge in [-0.2, -0.15) is 0 Å². The highest BCUT2D eigenvalue weighted by Crippen LogP contribution is 2.17. The zero-order chi connectivity index (χ0) is 13.7. The van der Waals surface area contributed by atoms with E-state index in [4.69, 9.17) is 0 Å². The van der Waals surface area contributed by atoms with Crippen molar-refractivity contribution in [3.8, 4) is 0 Å². The molecule has 6 heteroatoms. The molecular weight excluding hydrogens is 252 g/mol. The van der Waals surface area contributed by atoms with E-state index in [9.17, 15) is 13.6 Å². The van der Waals surface area contributed by atoms with Crippen LogP contribution in [0.2, 0.25) is 0 Å². The molecule has 0 aliphatic carbocycles. The van der Waals surface area contributed by atoms with Crippen LogP contribution in [0.15, 0.2) is 18.2 Å². The number of para-hydroxylation sites is 1. The molecule has 1 aliphatic rings. The zero-order valence-electron chi connectivity index (χ0n) is 10.6. The lowest BCUT2D eigenvalue weighted by atomic mass is 10.2. The van der Waals surface area contributed by atoms with Gasteiger partial charge in [0.25, 0.3) is 0 Å². The first kappa shape index (κ1) is 13.9. The molecule has 104 valence electrons. The van der Waals surface area contributed by atoms with Crippen molar-refractivity contribution in [2.75, 3.05) is 25.0 Å². The molecule has 1 fully saturated rings. The highest BCUT2D eigenvalue weighted by atomic mass is 19.1. The highest BCUT2D eigenvalue weighted by Gasteiger charge is 2.14. The average Bonchev–Trinajstić information content (AvgIpc) is 2.42. The van der Waals surface area contributed by atoms with Crippen molar-refractivity contribution in [3.05, 3.63) is 29.8 Å². The van der Waals surface area contributed by atoms with Crippen molar-refractivity contribution in [1.82, 2.24) is 10.4 Å². The van der Waals surface area contributed by atoms with Gasteiger partial charge < -0.3 is 5.32 Å². The summed E-state index contributed by atoms with van der Waals surface area (Å²) in [7, 11) is 0. The molecule has 1 heterocycles. The van der Waals surface area contributed by atoms with Crippen LogP contribution in [-0.2, 0) is 4.79 Å². The van der Waals surface area contributed by atoms with Crippen LogP contribution >= 0.6 is 0 Å². The summed E-state index contributed by atoms with van der Waals surface area (Å²) >= 11 is 0. The Bertz CT molecular complexity index is 427. The number of rotatable bonds is 4. The van der Waals surface area contributed by atoms with E-state index < -0.39 is 23.2 Å². The largest absolute Gasteiger partial charge is 0.320 e. The van der Waals surface area contributed by atoms with Gasteiger partial charge in [0.1, 0.15) is 17.3 Å². The quantitative estimate of drug-likeness (QED) is 0.877. The van der Waals surface area contributed by atoms with Gasteiger partial charge in [-0.05, 0) is 25.0 Å². The molecule has 1 aromatic carbocycles. The molecule has 4 nitrogen and oxygen atoms in total. The maximum Gasteiger partial charge on any atom is 0.239 e. The highest BCUT2D eigenvalue weighted by molar-refractivity contribution is 5.92. The number of amides is 1. The van der Waals surface area contributed by atoms with Crippen molar-refractivity contribution < 1.29 is 13.6 Å². The van der Waals surface area contributed by atoms with Crippen LogP contribution in [0, 0.1) is 11.6 Å². The number of anilines is 1. The summed E-state index contributed by atoms with van der Waals surface area (Å²) in [6.07, 6.45) is 3.39. The Kier molecular flexibility index (Phi) is 4.81. The molecular formula is C13H17F2N3O. The Hall–Kier alpha value is -1.53. The average molecular weight is 269 g/mol. The van der Waals surface area contributed by atoms with Crippen LogP contribution in [0.5, 0.6) is 0 Å². The lowest BCUT2D eigenvalue weighted by Crippen LogP contribution is -2.45. The summed E-state index contributed by atoms with van der Waals surface area (Å²) in [5, 5.41) is 4.20. The summed E-state index contributed by atoms with van der Waals surface area (Å²) < 4.78 is 26.6. The van der Waals surface area contributed by atoms with Crippen LogP contribution in [-0.4, -0.2) is 30.6 Å². The molecule has 0 radical (unpaired) electrons. The Balaban J connectivity index is 1.83. The Morgan fingerprint density at radius 1 is 1.16 bits per heavy atom. The Morgan fingerprint density at radius 3 is 2.42 bits per heavy atom. The van der Waals surface area contributed by atoms with Gasteiger partial charge in [-0.1, -0.05) is 12.5 Å². The molecule has 0 bridgehead atoms. The van der Waals surface area contributed by atoms with Crippen LogP contribution < -0.4 is 10.7 Å². The van der Waals surface area contributed by atoms with Crippen molar-refractivity contribution in [3.63, 3.8) is 0 Å². The van der Waals surface area contributed by atoms with E-state index in [2.05, 4.69) is 10.7 Å². The summed E-state index contributed by atoms with van der Waals surface area (Å²) in [6.45, 7) is 1.79. The fraction of sp³-hybridized carbons (Fsp3) is 0.462. The second kappa shape index (κ2) is 6.58. The minimum Gasteiger partial charge on any atom is -0.320 e. The number of carbonyl (C=O) groups excluding carboxylic acids is 1. The normalized spacial score (nSPS) is 16.3.